The average Bonchev–Trinajstić information content (AvgIpc) is 3.21. The molecule has 0 aromatic heterocycles. The number of ether oxygens (including phenoxy) is 2. The Balaban J connectivity index is 1.62. The third-order valence-corrected chi connectivity index (χ3v) is 6.12. The van der Waals surface area contributed by atoms with E-state index in [-0.39, 0.29) is 40.0 Å². The summed E-state index contributed by atoms with van der Waals surface area (Å²) in [6.45, 7) is 4.54. The lowest BCUT2D eigenvalue weighted by Crippen LogP contribution is -2.12. The lowest BCUT2D eigenvalue weighted by molar-refractivity contribution is -0.146. The Kier molecular flexibility index (Phi) is 1.95. The fraction of sp³-hybridized carbons (Fsp3) is 0.867. The highest BCUT2D eigenvalue weighted by molar-refractivity contribution is 5.91. The quantitative estimate of drug-likeness (QED) is 0.728. The minimum absolute atomic E-state index is 0.0168. The number of carbonyl (C=O) groups excluding carboxylic acids is 2. The first-order valence-electron chi connectivity index (χ1n) is 7.45. The van der Waals surface area contributed by atoms with Crippen molar-refractivity contribution in [2.45, 2.75) is 39.5 Å². The van der Waals surface area contributed by atoms with Crippen molar-refractivity contribution in [3.05, 3.63) is 0 Å². The number of fused-ring (bicyclic) bond motifs is 2. The molecule has 4 heteroatoms. The second-order valence-electron chi connectivity index (χ2n) is 6.55. The molecule has 4 aliphatic rings. The Morgan fingerprint density at radius 2 is 1.26 bits per heavy atom. The maximum Gasteiger partial charge on any atom is 0.310 e. The van der Waals surface area contributed by atoms with Crippen LogP contribution in [0.25, 0.3) is 0 Å². The van der Waals surface area contributed by atoms with E-state index in [4.69, 9.17) is 9.47 Å². The van der Waals surface area contributed by atoms with Gasteiger partial charge < -0.3 is 9.47 Å². The molecule has 0 aliphatic heterocycles. The summed E-state index contributed by atoms with van der Waals surface area (Å²) in [5, 5.41) is 0. The monoisotopic (exact) mass is 264 g/mol. The van der Waals surface area contributed by atoms with Crippen molar-refractivity contribution in [2.75, 3.05) is 13.2 Å². The van der Waals surface area contributed by atoms with Crippen LogP contribution in [0.15, 0.2) is 0 Å². The van der Waals surface area contributed by atoms with E-state index in [1.54, 1.807) is 0 Å². The molecule has 104 valence electrons. The van der Waals surface area contributed by atoms with Crippen molar-refractivity contribution in [3.63, 3.8) is 0 Å². The molecule has 0 aromatic rings. The molecule has 4 saturated carbocycles. The summed E-state index contributed by atoms with van der Waals surface area (Å²) < 4.78 is 10.5. The normalized spacial score (nSPS) is 41.2. The lowest BCUT2D eigenvalue weighted by atomic mass is 10.2. The molecule has 0 heterocycles. The second-order valence-corrected chi connectivity index (χ2v) is 6.55. The van der Waals surface area contributed by atoms with Crippen molar-refractivity contribution in [3.8, 4) is 0 Å². The molecule has 0 amide bonds. The van der Waals surface area contributed by atoms with E-state index in [1.165, 1.54) is 0 Å². The highest BCUT2D eigenvalue weighted by Crippen LogP contribution is 3.06. The molecule has 4 nitrogen and oxygen atoms in total. The van der Waals surface area contributed by atoms with E-state index < -0.39 is 0 Å². The van der Waals surface area contributed by atoms with Crippen LogP contribution in [0.4, 0.5) is 0 Å². The first-order valence-corrected chi connectivity index (χ1v) is 7.45. The zero-order valence-corrected chi connectivity index (χ0v) is 11.5. The summed E-state index contributed by atoms with van der Waals surface area (Å²) in [6, 6.07) is 0. The summed E-state index contributed by atoms with van der Waals surface area (Å²) in [4.78, 5) is 24.4. The van der Waals surface area contributed by atoms with Gasteiger partial charge in [-0.3, -0.25) is 9.59 Å². The van der Waals surface area contributed by atoms with Gasteiger partial charge in [0.25, 0.3) is 0 Å². The fourth-order valence-corrected chi connectivity index (χ4v) is 5.43. The molecule has 4 aliphatic carbocycles. The van der Waals surface area contributed by atoms with Crippen LogP contribution >= 0.6 is 0 Å². The zero-order valence-electron chi connectivity index (χ0n) is 11.5. The van der Waals surface area contributed by atoms with Crippen molar-refractivity contribution in [1.29, 1.82) is 0 Å². The number of hydrogen-bond acceptors (Lipinski definition) is 4. The van der Waals surface area contributed by atoms with Gasteiger partial charge in [0.1, 0.15) is 0 Å². The Labute approximate surface area is 112 Å². The van der Waals surface area contributed by atoms with Gasteiger partial charge in [-0.25, -0.2) is 0 Å². The van der Waals surface area contributed by atoms with Crippen LogP contribution in [0, 0.1) is 28.1 Å². The Bertz CT molecular complexity index is 429. The molecule has 0 saturated heterocycles. The number of carbonyl (C=O) groups is 2. The van der Waals surface area contributed by atoms with E-state index in [0.717, 1.165) is 25.7 Å². The SMILES string of the molecule is CCOC(=O)[C@@H]1C2(CC2)C12[C@@H](C(=O)OCC)C21CC1. The summed E-state index contributed by atoms with van der Waals surface area (Å²) in [5.41, 5.74) is 0.179. The molecule has 3 atom stereocenters. The molecule has 0 bridgehead atoms. The average molecular weight is 264 g/mol. The highest BCUT2D eigenvalue weighted by atomic mass is 16.5. The summed E-state index contributed by atoms with van der Waals surface area (Å²) in [6.07, 6.45) is 4.37. The molecular formula is C15H20O4. The van der Waals surface area contributed by atoms with Gasteiger partial charge in [0.15, 0.2) is 0 Å². The molecule has 0 N–H and O–H groups in total. The lowest BCUT2D eigenvalue weighted by Gasteiger charge is -2.00. The van der Waals surface area contributed by atoms with Crippen molar-refractivity contribution >= 4 is 11.9 Å². The van der Waals surface area contributed by atoms with Gasteiger partial charge in [0.2, 0.25) is 0 Å². The van der Waals surface area contributed by atoms with Crippen LogP contribution in [0.1, 0.15) is 39.5 Å². The minimum atomic E-state index is -0.0712. The van der Waals surface area contributed by atoms with E-state index in [1.807, 2.05) is 13.8 Å². The second kappa shape index (κ2) is 3.15. The van der Waals surface area contributed by atoms with E-state index >= 15 is 0 Å². The maximum atomic E-state index is 12.2. The van der Waals surface area contributed by atoms with Crippen LogP contribution in [0.3, 0.4) is 0 Å². The van der Waals surface area contributed by atoms with Crippen molar-refractivity contribution < 1.29 is 19.1 Å². The minimum Gasteiger partial charge on any atom is -0.466 e. The molecule has 4 fully saturated rings. The predicted octanol–water partition coefficient (Wildman–Crippen LogP) is 1.92. The van der Waals surface area contributed by atoms with Gasteiger partial charge in [0, 0.05) is 5.41 Å². The van der Waals surface area contributed by atoms with Crippen LogP contribution in [-0.4, -0.2) is 25.2 Å². The van der Waals surface area contributed by atoms with Gasteiger partial charge in [-0.1, -0.05) is 0 Å². The first kappa shape index (κ1) is 11.7. The summed E-state index contributed by atoms with van der Waals surface area (Å²) >= 11 is 0. The summed E-state index contributed by atoms with van der Waals surface area (Å²) in [5.74, 6) is -0.176. The molecule has 0 aromatic carbocycles. The summed E-state index contributed by atoms with van der Waals surface area (Å²) in [7, 11) is 0. The molecule has 0 radical (unpaired) electrons. The predicted molar refractivity (Wildman–Crippen MR) is 66.0 cm³/mol. The molecule has 4 rings (SSSR count). The van der Waals surface area contributed by atoms with Gasteiger partial charge in [-0.05, 0) is 50.4 Å². The Hall–Kier alpha value is -1.06. The largest absolute Gasteiger partial charge is 0.466 e. The molecular weight excluding hydrogens is 244 g/mol. The Morgan fingerprint density at radius 1 is 0.895 bits per heavy atom. The van der Waals surface area contributed by atoms with E-state index in [0.29, 0.717) is 13.2 Å². The van der Waals surface area contributed by atoms with E-state index in [2.05, 4.69) is 0 Å². The Morgan fingerprint density at radius 3 is 1.53 bits per heavy atom. The van der Waals surface area contributed by atoms with Crippen LogP contribution in [0.2, 0.25) is 0 Å². The highest BCUT2D eigenvalue weighted by Gasteiger charge is 3.06. The van der Waals surface area contributed by atoms with Gasteiger partial charge in [0.05, 0.1) is 25.0 Å². The standard InChI is InChI=1S/C15H20O4/c1-3-18-11(16)9-13(5-6-13)15(9)10(12(17)19-4-2)14(15)7-8-14/h9-10H,3-8H2,1-2H3/t9-,10+,15?. The number of esters is 2. The third-order valence-electron chi connectivity index (χ3n) is 6.12. The smallest absolute Gasteiger partial charge is 0.310 e. The molecule has 3 spiro atoms. The molecule has 19 heavy (non-hydrogen) atoms. The van der Waals surface area contributed by atoms with Crippen molar-refractivity contribution in [2.24, 2.45) is 28.1 Å². The van der Waals surface area contributed by atoms with E-state index in [9.17, 15) is 9.59 Å². The first-order chi connectivity index (χ1) is 9.12. The van der Waals surface area contributed by atoms with Gasteiger partial charge in [-0.2, -0.15) is 0 Å². The van der Waals surface area contributed by atoms with Crippen molar-refractivity contribution in [1.82, 2.24) is 0 Å². The van der Waals surface area contributed by atoms with Crippen LogP contribution in [-0.2, 0) is 19.1 Å². The van der Waals surface area contributed by atoms with Gasteiger partial charge >= 0.3 is 11.9 Å². The zero-order chi connectivity index (χ0) is 13.5. The van der Waals surface area contributed by atoms with Crippen LogP contribution in [0.5, 0.6) is 0 Å². The fourth-order valence-electron chi connectivity index (χ4n) is 5.43. The molecule has 1 unspecified atom stereocenters. The number of rotatable bonds is 4. The van der Waals surface area contributed by atoms with Gasteiger partial charge in [-0.15, -0.1) is 0 Å². The topological polar surface area (TPSA) is 52.6 Å². The number of hydrogen-bond donors (Lipinski definition) is 0. The maximum absolute atomic E-state index is 12.2. The third kappa shape index (κ3) is 1.02. The van der Waals surface area contributed by atoms with Crippen LogP contribution < -0.4 is 0 Å².